The Bertz CT molecular complexity index is 1360. The van der Waals surface area contributed by atoms with Gasteiger partial charge in [0.25, 0.3) is 0 Å². The number of hydrogen-bond donors (Lipinski definition) is 2. The van der Waals surface area contributed by atoms with Crippen molar-refractivity contribution in [1.82, 2.24) is 15.0 Å². The Morgan fingerprint density at radius 3 is 2.73 bits per heavy atom. The summed E-state index contributed by atoms with van der Waals surface area (Å²) in [6.07, 6.45) is 4.70. The number of aromatic amines is 1. The Morgan fingerprint density at radius 1 is 1.00 bits per heavy atom. The zero-order chi connectivity index (χ0) is 20.7. The fraction of sp³-hybridized carbons (Fsp3) is 0.200. The fourth-order valence-electron chi connectivity index (χ4n) is 4.08. The van der Waals surface area contributed by atoms with Crippen LogP contribution in [0.1, 0.15) is 21.6 Å². The smallest absolute Gasteiger partial charge is 0.138 e. The maximum Gasteiger partial charge on any atom is 0.138 e. The molecule has 0 fully saturated rings. The molecule has 4 nitrogen and oxygen atoms in total. The summed E-state index contributed by atoms with van der Waals surface area (Å²) in [5.41, 5.74) is 7.59. The molecule has 3 aromatic heterocycles. The van der Waals surface area contributed by atoms with Crippen molar-refractivity contribution in [1.29, 1.82) is 0 Å². The van der Waals surface area contributed by atoms with Crippen LogP contribution in [0.15, 0.2) is 55.0 Å². The van der Waals surface area contributed by atoms with Gasteiger partial charge >= 0.3 is 0 Å². The van der Waals surface area contributed by atoms with Crippen LogP contribution in [0.4, 0.5) is 5.82 Å². The van der Waals surface area contributed by atoms with Crippen molar-refractivity contribution in [3.63, 3.8) is 0 Å². The van der Waals surface area contributed by atoms with Crippen LogP contribution in [0.3, 0.4) is 0 Å². The number of nitrogens with zero attached hydrogens (tertiary/aromatic N) is 2. The number of nitrogens with one attached hydrogen (secondary N) is 2. The fourth-order valence-corrected chi connectivity index (χ4v) is 5.09. The normalized spacial score (nSPS) is 11.4. The van der Waals surface area contributed by atoms with Crippen LogP contribution in [-0.4, -0.2) is 21.5 Å². The Labute approximate surface area is 180 Å². The van der Waals surface area contributed by atoms with E-state index in [4.69, 9.17) is 0 Å². The third-order valence-corrected chi connectivity index (χ3v) is 6.83. The summed E-state index contributed by atoms with van der Waals surface area (Å²) < 4.78 is 0. The second-order valence-corrected chi connectivity index (χ2v) is 8.97. The van der Waals surface area contributed by atoms with Gasteiger partial charge in [0, 0.05) is 34.1 Å². The number of aryl methyl sites for hydroxylation is 3. The summed E-state index contributed by atoms with van der Waals surface area (Å²) in [4.78, 5) is 14.8. The predicted molar refractivity (Wildman–Crippen MR) is 128 cm³/mol. The first-order chi connectivity index (χ1) is 14.6. The minimum atomic E-state index is 0.815. The summed E-state index contributed by atoms with van der Waals surface area (Å²) in [6.45, 7) is 7.31. The Hall–Kier alpha value is -3.18. The zero-order valence-corrected chi connectivity index (χ0v) is 18.2. The molecule has 0 aliphatic carbocycles. The first-order valence-electron chi connectivity index (χ1n) is 10.2. The number of benzene rings is 2. The molecule has 0 atom stereocenters. The van der Waals surface area contributed by atoms with Crippen molar-refractivity contribution in [3.05, 3.63) is 76.6 Å². The van der Waals surface area contributed by atoms with E-state index in [9.17, 15) is 0 Å². The Balaban J connectivity index is 1.48. The molecule has 2 aromatic carbocycles. The van der Waals surface area contributed by atoms with Crippen LogP contribution in [0.2, 0.25) is 0 Å². The van der Waals surface area contributed by atoms with Gasteiger partial charge in [0.15, 0.2) is 0 Å². The lowest BCUT2D eigenvalue weighted by Gasteiger charge is -2.10. The van der Waals surface area contributed by atoms with Gasteiger partial charge in [-0.25, -0.2) is 9.97 Å². The van der Waals surface area contributed by atoms with Gasteiger partial charge in [-0.3, -0.25) is 0 Å². The summed E-state index contributed by atoms with van der Waals surface area (Å²) in [5, 5.41) is 6.00. The van der Waals surface area contributed by atoms with E-state index in [0.717, 1.165) is 29.0 Å². The SMILES string of the molecule is Cc1ccc(-c2c(C)sc3ncnc(NCCc4c[nH]c5ccccc45)c23)cc1C. The average Bonchev–Trinajstić information content (AvgIpc) is 3.31. The van der Waals surface area contributed by atoms with Gasteiger partial charge in [-0.15, -0.1) is 11.3 Å². The van der Waals surface area contributed by atoms with Crippen molar-refractivity contribution in [2.24, 2.45) is 0 Å². The van der Waals surface area contributed by atoms with Gasteiger partial charge < -0.3 is 10.3 Å². The lowest BCUT2D eigenvalue weighted by Crippen LogP contribution is -2.06. The van der Waals surface area contributed by atoms with E-state index in [0.29, 0.717) is 0 Å². The Morgan fingerprint density at radius 2 is 1.87 bits per heavy atom. The first kappa shape index (κ1) is 18.8. The van der Waals surface area contributed by atoms with Gasteiger partial charge in [0.1, 0.15) is 17.0 Å². The van der Waals surface area contributed by atoms with Crippen LogP contribution >= 0.6 is 11.3 Å². The zero-order valence-electron chi connectivity index (χ0n) is 17.4. The van der Waals surface area contributed by atoms with Crippen molar-refractivity contribution < 1.29 is 0 Å². The molecule has 5 rings (SSSR count). The molecule has 2 N–H and O–H groups in total. The molecule has 0 unspecified atom stereocenters. The number of anilines is 1. The molecule has 0 spiro atoms. The van der Waals surface area contributed by atoms with Gasteiger partial charge in [0.2, 0.25) is 0 Å². The lowest BCUT2D eigenvalue weighted by molar-refractivity contribution is 1.01. The second kappa shape index (κ2) is 7.58. The minimum absolute atomic E-state index is 0.815. The van der Waals surface area contributed by atoms with E-state index in [1.165, 1.54) is 43.6 Å². The largest absolute Gasteiger partial charge is 0.369 e. The molecule has 30 heavy (non-hydrogen) atoms. The molecule has 0 bridgehead atoms. The van der Waals surface area contributed by atoms with Crippen LogP contribution < -0.4 is 5.32 Å². The summed E-state index contributed by atoms with van der Waals surface area (Å²) in [6, 6.07) is 15.1. The molecule has 0 aliphatic heterocycles. The van der Waals surface area contributed by atoms with Gasteiger partial charge in [-0.1, -0.05) is 36.4 Å². The standard InChI is InChI=1S/C25H24N4S/c1-15-8-9-18(12-16(15)2)22-17(3)30-25-23(22)24(28-14-29-25)26-11-10-19-13-27-21-7-5-4-6-20(19)21/h4-9,12-14,27H,10-11H2,1-3H3,(H,26,28,29). The highest BCUT2D eigenvalue weighted by atomic mass is 32.1. The molecule has 5 aromatic rings. The number of rotatable bonds is 5. The van der Waals surface area contributed by atoms with Crippen molar-refractivity contribution >= 4 is 38.3 Å². The monoisotopic (exact) mass is 412 g/mol. The number of aromatic nitrogens is 3. The molecular formula is C25H24N4S. The topological polar surface area (TPSA) is 53.6 Å². The van der Waals surface area contributed by atoms with E-state index in [1.54, 1.807) is 17.7 Å². The van der Waals surface area contributed by atoms with Crippen LogP contribution in [0, 0.1) is 20.8 Å². The lowest BCUT2D eigenvalue weighted by atomic mass is 9.99. The van der Waals surface area contributed by atoms with Crippen molar-refractivity contribution in [2.45, 2.75) is 27.2 Å². The van der Waals surface area contributed by atoms with E-state index in [2.05, 4.69) is 89.7 Å². The Kier molecular flexibility index (Phi) is 4.75. The maximum absolute atomic E-state index is 4.60. The average molecular weight is 413 g/mol. The molecule has 3 heterocycles. The van der Waals surface area contributed by atoms with Crippen molar-refractivity contribution in [3.8, 4) is 11.1 Å². The molecule has 0 radical (unpaired) electrons. The molecular weight excluding hydrogens is 388 g/mol. The summed E-state index contributed by atoms with van der Waals surface area (Å²) >= 11 is 1.73. The third kappa shape index (κ3) is 3.25. The molecule has 150 valence electrons. The van der Waals surface area contributed by atoms with Gasteiger partial charge in [-0.05, 0) is 55.5 Å². The van der Waals surface area contributed by atoms with E-state index >= 15 is 0 Å². The number of para-hydroxylation sites is 1. The van der Waals surface area contributed by atoms with Crippen LogP contribution in [-0.2, 0) is 6.42 Å². The molecule has 5 heteroatoms. The van der Waals surface area contributed by atoms with Crippen LogP contribution in [0.25, 0.3) is 32.2 Å². The highest BCUT2D eigenvalue weighted by Gasteiger charge is 2.17. The highest BCUT2D eigenvalue weighted by Crippen LogP contribution is 2.40. The van der Waals surface area contributed by atoms with E-state index in [-0.39, 0.29) is 0 Å². The molecule has 0 aliphatic rings. The second-order valence-electron chi connectivity index (χ2n) is 7.77. The van der Waals surface area contributed by atoms with E-state index in [1.807, 2.05) is 0 Å². The van der Waals surface area contributed by atoms with Crippen molar-refractivity contribution in [2.75, 3.05) is 11.9 Å². The number of hydrogen-bond acceptors (Lipinski definition) is 4. The number of thiophene rings is 1. The molecule has 0 saturated carbocycles. The summed E-state index contributed by atoms with van der Waals surface area (Å²) in [5.74, 6) is 0.914. The third-order valence-electron chi connectivity index (χ3n) is 5.82. The summed E-state index contributed by atoms with van der Waals surface area (Å²) in [7, 11) is 0. The quantitative estimate of drug-likeness (QED) is 0.350. The number of H-pyrrole nitrogens is 1. The molecule has 0 saturated heterocycles. The van der Waals surface area contributed by atoms with Gasteiger partial charge in [0.05, 0.1) is 5.39 Å². The predicted octanol–water partition coefficient (Wildman–Crippen LogP) is 6.42. The molecule has 0 amide bonds. The number of fused-ring (bicyclic) bond motifs is 2. The van der Waals surface area contributed by atoms with Gasteiger partial charge in [-0.2, -0.15) is 0 Å². The minimum Gasteiger partial charge on any atom is -0.369 e. The maximum atomic E-state index is 4.60. The van der Waals surface area contributed by atoms with E-state index < -0.39 is 0 Å². The highest BCUT2D eigenvalue weighted by molar-refractivity contribution is 7.19. The van der Waals surface area contributed by atoms with Crippen LogP contribution in [0.5, 0.6) is 0 Å². The first-order valence-corrected chi connectivity index (χ1v) is 11.0.